The number of benzene rings is 1. The van der Waals surface area contributed by atoms with Crippen LogP contribution in [0.15, 0.2) is 12.1 Å². The first kappa shape index (κ1) is 29.6. The van der Waals surface area contributed by atoms with E-state index < -0.39 is 23.9 Å². The Bertz CT molecular complexity index is 952. The largest absolute Gasteiger partial charge is 0.493 e. The van der Waals surface area contributed by atoms with Crippen LogP contribution in [0.4, 0.5) is 0 Å². The van der Waals surface area contributed by atoms with Gasteiger partial charge < -0.3 is 30.2 Å². The highest BCUT2D eigenvalue weighted by Gasteiger charge is 2.41. The van der Waals surface area contributed by atoms with Crippen LogP contribution in [0.5, 0.6) is 17.2 Å². The van der Waals surface area contributed by atoms with Crippen LogP contribution < -0.4 is 25.3 Å². The van der Waals surface area contributed by atoms with Crippen molar-refractivity contribution in [1.29, 1.82) is 0 Å². The Balaban J connectivity index is 1.99. The number of methoxy groups -OCH3 is 3. The molecule has 9 heteroatoms. The van der Waals surface area contributed by atoms with E-state index in [-0.39, 0.29) is 23.7 Å². The number of primary amides is 1. The summed E-state index contributed by atoms with van der Waals surface area (Å²) in [4.78, 5) is 41.7. The minimum atomic E-state index is -0.768. The number of piperidine rings is 1. The molecule has 1 aromatic rings. The molecule has 0 bridgehead atoms. The van der Waals surface area contributed by atoms with Crippen molar-refractivity contribution in [2.24, 2.45) is 17.6 Å². The number of rotatable bonds is 11. The minimum Gasteiger partial charge on any atom is -0.493 e. The highest BCUT2D eigenvalue weighted by molar-refractivity contribution is 5.93. The molecular weight excluding hydrogens is 486 g/mol. The molecule has 4 atom stereocenters. The molecule has 0 radical (unpaired) electrons. The molecular formula is C29H45N3O6. The predicted molar refractivity (Wildman–Crippen MR) is 145 cm³/mol. The van der Waals surface area contributed by atoms with E-state index in [1.54, 1.807) is 26.2 Å². The molecule has 3 amide bonds. The van der Waals surface area contributed by atoms with Gasteiger partial charge in [-0.15, -0.1) is 0 Å². The summed E-state index contributed by atoms with van der Waals surface area (Å²) in [7, 11) is 4.69. The fourth-order valence-electron chi connectivity index (χ4n) is 5.99. The molecule has 1 heterocycles. The molecule has 0 aromatic heterocycles. The SMILES string of the molecule is CC[C@H](C)[C@H](NC(=O)C1CCCCN1C(=O)[C@H](c1cc(OC)c(OC)c(OC)c1)C1CCCCC1)C(N)=O. The molecule has 1 saturated carbocycles. The van der Waals surface area contributed by atoms with Crippen LogP contribution >= 0.6 is 0 Å². The molecule has 2 aliphatic rings. The maximum absolute atomic E-state index is 14.4. The Kier molecular flexibility index (Phi) is 10.7. The highest BCUT2D eigenvalue weighted by Crippen LogP contribution is 2.45. The molecule has 1 aliphatic carbocycles. The third-order valence-electron chi connectivity index (χ3n) is 8.34. The molecule has 38 heavy (non-hydrogen) atoms. The number of carbonyl (C=O) groups excluding carboxylic acids is 3. The topological polar surface area (TPSA) is 120 Å². The Hall–Kier alpha value is -2.97. The Morgan fingerprint density at radius 3 is 2.11 bits per heavy atom. The van der Waals surface area contributed by atoms with Crippen molar-refractivity contribution in [3.63, 3.8) is 0 Å². The number of nitrogens with two attached hydrogens (primary N) is 1. The van der Waals surface area contributed by atoms with E-state index in [0.717, 1.165) is 50.5 Å². The lowest BCUT2D eigenvalue weighted by Gasteiger charge is -2.40. The summed E-state index contributed by atoms with van der Waals surface area (Å²) in [6, 6.07) is 2.32. The van der Waals surface area contributed by atoms with Gasteiger partial charge in [0.15, 0.2) is 11.5 Å². The zero-order chi connectivity index (χ0) is 27.8. The van der Waals surface area contributed by atoms with Crippen LogP contribution in [-0.2, 0) is 14.4 Å². The number of nitrogens with one attached hydrogen (secondary N) is 1. The van der Waals surface area contributed by atoms with Gasteiger partial charge in [0, 0.05) is 6.54 Å². The van der Waals surface area contributed by atoms with Crippen molar-refractivity contribution in [2.45, 2.75) is 89.6 Å². The third-order valence-corrected chi connectivity index (χ3v) is 8.34. The summed E-state index contributed by atoms with van der Waals surface area (Å²) in [6.45, 7) is 4.34. The van der Waals surface area contributed by atoms with Crippen LogP contribution in [0.25, 0.3) is 0 Å². The fraction of sp³-hybridized carbons (Fsp3) is 0.690. The summed E-state index contributed by atoms with van der Waals surface area (Å²) >= 11 is 0. The maximum atomic E-state index is 14.4. The Morgan fingerprint density at radius 1 is 0.974 bits per heavy atom. The van der Waals surface area contributed by atoms with Crippen LogP contribution in [0.3, 0.4) is 0 Å². The van der Waals surface area contributed by atoms with E-state index in [0.29, 0.717) is 36.6 Å². The monoisotopic (exact) mass is 531 g/mol. The van der Waals surface area contributed by atoms with Crippen molar-refractivity contribution in [1.82, 2.24) is 10.2 Å². The molecule has 3 rings (SSSR count). The van der Waals surface area contributed by atoms with E-state index in [1.807, 2.05) is 26.0 Å². The quantitative estimate of drug-likeness (QED) is 0.449. The zero-order valence-electron chi connectivity index (χ0n) is 23.6. The van der Waals surface area contributed by atoms with Crippen molar-refractivity contribution in [3.05, 3.63) is 17.7 Å². The molecule has 1 aliphatic heterocycles. The average molecular weight is 532 g/mol. The minimum absolute atomic E-state index is 0.0646. The summed E-state index contributed by atoms with van der Waals surface area (Å²) in [5.74, 6) is 0.146. The van der Waals surface area contributed by atoms with Crippen LogP contribution in [0.1, 0.15) is 83.1 Å². The fourth-order valence-corrected chi connectivity index (χ4v) is 5.99. The lowest BCUT2D eigenvalue weighted by atomic mass is 9.75. The molecule has 1 saturated heterocycles. The number of likely N-dealkylation sites (tertiary alicyclic amines) is 1. The third kappa shape index (κ3) is 6.53. The van der Waals surface area contributed by atoms with E-state index in [4.69, 9.17) is 19.9 Å². The smallest absolute Gasteiger partial charge is 0.243 e. The van der Waals surface area contributed by atoms with Gasteiger partial charge >= 0.3 is 0 Å². The maximum Gasteiger partial charge on any atom is 0.243 e. The summed E-state index contributed by atoms with van der Waals surface area (Å²) in [5.41, 5.74) is 6.42. The summed E-state index contributed by atoms with van der Waals surface area (Å²) in [5, 5.41) is 2.87. The lowest BCUT2D eigenvalue weighted by Crippen LogP contribution is -2.58. The van der Waals surface area contributed by atoms with Gasteiger partial charge in [-0.2, -0.15) is 0 Å². The van der Waals surface area contributed by atoms with Gasteiger partial charge in [-0.25, -0.2) is 0 Å². The van der Waals surface area contributed by atoms with E-state index in [2.05, 4.69) is 5.32 Å². The van der Waals surface area contributed by atoms with Gasteiger partial charge in [-0.05, 0) is 61.6 Å². The molecule has 212 valence electrons. The van der Waals surface area contributed by atoms with Crippen molar-refractivity contribution in [3.8, 4) is 17.2 Å². The van der Waals surface area contributed by atoms with Crippen molar-refractivity contribution < 1.29 is 28.6 Å². The second kappa shape index (κ2) is 13.7. The molecule has 0 spiro atoms. The van der Waals surface area contributed by atoms with Crippen molar-refractivity contribution in [2.75, 3.05) is 27.9 Å². The molecule has 3 N–H and O–H groups in total. The van der Waals surface area contributed by atoms with E-state index in [9.17, 15) is 14.4 Å². The highest BCUT2D eigenvalue weighted by atomic mass is 16.5. The molecule has 2 fully saturated rings. The van der Waals surface area contributed by atoms with Gasteiger partial charge in [0.05, 0.1) is 27.2 Å². The Labute approximate surface area is 226 Å². The molecule has 9 nitrogen and oxygen atoms in total. The van der Waals surface area contributed by atoms with Gasteiger partial charge in [0.25, 0.3) is 0 Å². The average Bonchev–Trinajstić information content (AvgIpc) is 2.95. The van der Waals surface area contributed by atoms with Crippen LogP contribution in [-0.4, -0.2) is 62.6 Å². The van der Waals surface area contributed by atoms with Gasteiger partial charge in [0.2, 0.25) is 23.5 Å². The van der Waals surface area contributed by atoms with Gasteiger partial charge in [-0.3, -0.25) is 14.4 Å². The lowest BCUT2D eigenvalue weighted by molar-refractivity contribution is -0.145. The van der Waals surface area contributed by atoms with Gasteiger partial charge in [-0.1, -0.05) is 39.5 Å². The number of nitrogens with zero attached hydrogens (tertiary/aromatic N) is 1. The van der Waals surface area contributed by atoms with Gasteiger partial charge in [0.1, 0.15) is 12.1 Å². The summed E-state index contributed by atoms with van der Waals surface area (Å²) in [6.07, 6.45) is 8.09. The predicted octanol–water partition coefficient (Wildman–Crippen LogP) is 3.77. The standard InChI is InChI=1S/C29H45N3O6/c1-6-18(2)25(27(30)33)31-28(34)21-14-10-11-15-32(21)29(35)24(19-12-8-7-9-13-19)20-16-22(36-3)26(38-5)23(17-20)37-4/h16-19,21,24-25H,6-15H2,1-5H3,(H2,30,33)(H,31,34)/t18-,21?,24-,25-/m0/s1. The van der Waals surface area contributed by atoms with E-state index >= 15 is 0 Å². The number of carbonyl (C=O) groups is 3. The number of amides is 3. The van der Waals surface area contributed by atoms with Crippen LogP contribution in [0.2, 0.25) is 0 Å². The zero-order valence-corrected chi connectivity index (χ0v) is 23.6. The normalized spacial score (nSPS) is 20.7. The van der Waals surface area contributed by atoms with E-state index in [1.165, 1.54) is 0 Å². The van der Waals surface area contributed by atoms with Crippen LogP contribution in [0, 0.1) is 11.8 Å². The second-order valence-corrected chi connectivity index (χ2v) is 10.7. The molecule has 1 aromatic carbocycles. The number of hydrogen-bond acceptors (Lipinski definition) is 6. The first-order chi connectivity index (χ1) is 18.3. The first-order valence-electron chi connectivity index (χ1n) is 14.0. The summed E-state index contributed by atoms with van der Waals surface area (Å²) < 4.78 is 16.7. The Morgan fingerprint density at radius 2 is 1.58 bits per heavy atom. The second-order valence-electron chi connectivity index (χ2n) is 10.7. The first-order valence-corrected chi connectivity index (χ1v) is 14.0. The van der Waals surface area contributed by atoms with Crippen molar-refractivity contribution >= 4 is 17.7 Å². The molecule has 1 unspecified atom stereocenters. The number of hydrogen-bond donors (Lipinski definition) is 2. The number of ether oxygens (including phenoxy) is 3.